The van der Waals surface area contributed by atoms with Crippen LogP contribution >= 0.6 is 0 Å². The first-order chi connectivity index (χ1) is 10.2. The molecule has 0 aliphatic rings. The van der Waals surface area contributed by atoms with Gasteiger partial charge in [0.2, 0.25) is 0 Å². The molecule has 0 fully saturated rings. The first-order valence-electron chi connectivity index (χ1n) is 6.81. The van der Waals surface area contributed by atoms with E-state index in [0.717, 1.165) is 5.69 Å². The van der Waals surface area contributed by atoms with Gasteiger partial charge in [-0.05, 0) is 24.1 Å². The first-order valence-corrected chi connectivity index (χ1v) is 6.81. The van der Waals surface area contributed by atoms with Crippen molar-refractivity contribution in [3.05, 3.63) is 29.8 Å². The molecule has 22 heavy (non-hydrogen) atoms. The molecule has 0 saturated carbocycles. The summed E-state index contributed by atoms with van der Waals surface area (Å²) < 4.78 is 5.22. The van der Waals surface area contributed by atoms with E-state index in [-0.39, 0.29) is 5.92 Å². The largest absolute Gasteiger partial charge is 0.448 e. The highest BCUT2D eigenvalue weighted by atomic mass is 16.5. The van der Waals surface area contributed by atoms with E-state index in [1.54, 1.807) is 32.0 Å². The smallest absolute Gasteiger partial charge is 0.338 e. The molecular formula is C15H21N3O4. The van der Waals surface area contributed by atoms with Crippen LogP contribution in [0.2, 0.25) is 0 Å². The number of rotatable bonds is 5. The van der Waals surface area contributed by atoms with E-state index in [9.17, 15) is 14.4 Å². The molecule has 1 atom stereocenters. The normalized spacial score (nSPS) is 11.7. The molecule has 1 rings (SSSR count). The number of ether oxygens (including phenoxy) is 1. The number of benzene rings is 1. The number of amides is 3. The SMILES string of the molecule is CC(C)C(OC(=O)c1cccc(N(C)C)c1)C(=O)NC(N)=O. The fourth-order valence-electron chi connectivity index (χ4n) is 1.78. The summed E-state index contributed by atoms with van der Waals surface area (Å²) in [6, 6.07) is 5.84. The number of nitrogens with two attached hydrogens (primary N) is 1. The number of carbonyl (C=O) groups is 3. The molecule has 0 aliphatic carbocycles. The number of esters is 1. The predicted molar refractivity (Wildman–Crippen MR) is 82.5 cm³/mol. The van der Waals surface area contributed by atoms with E-state index in [1.165, 1.54) is 0 Å². The maximum atomic E-state index is 12.2. The highest BCUT2D eigenvalue weighted by molar-refractivity contribution is 5.98. The van der Waals surface area contributed by atoms with Crippen molar-refractivity contribution >= 4 is 23.6 Å². The zero-order chi connectivity index (χ0) is 16.9. The summed E-state index contributed by atoms with van der Waals surface area (Å²) in [5.41, 5.74) is 6.06. The summed E-state index contributed by atoms with van der Waals surface area (Å²) in [5.74, 6) is -1.68. The average molecular weight is 307 g/mol. The van der Waals surface area contributed by atoms with Crippen molar-refractivity contribution < 1.29 is 19.1 Å². The van der Waals surface area contributed by atoms with Crippen molar-refractivity contribution in [2.24, 2.45) is 11.7 Å². The van der Waals surface area contributed by atoms with Crippen molar-refractivity contribution in [1.82, 2.24) is 5.32 Å². The molecule has 0 radical (unpaired) electrons. The van der Waals surface area contributed by atoms with Gasteiger partial charge in [0.1, 0.15) is 0 Å². The second kappa shape index (κ2) is 7.44. The molecule has 0 heterocycles. The van der Waals surface area contributed by atoms with Crippen molar-refractivity contribution in [2.45, 2.75) is 20.0 Å². The quantitative estimate of drug-likeness (QED) is 0.794. The van der Waals surface area contributed by atoms with Gasteiger partial charge in [0, 0.05) is 19.8 Å². The number of urea groups is 1. The molecule has 3 N–H and O–H groups in total. The number of nitrogens with one attached hydrogen (secondary N) is 1. The topological polar surface area (TPSA) is 102 Å². The Hall–Kier alpha value is -2.57. The molecule has 7 heteroatoms. The van der Waals surface area contributed by atoms with Crippen LogP contribution in [0.3, 0.4) is 0 Å². The third-order valence-electron chi connectivity index (χ3n) is 2.94. The molecular weight excluding hydrogens is 286 g/mol. The van der Waals surface area contributed by atoms with E-state index in [4.69, 9.17) is 10.5 Å². The number of nitrogens with zero attached hydrogens (tertiary/aromatic N) is 1. The molecule has 0 saturated heterocycles. The summed E-state index contributed by atoms with van der Waals surface area (Å²) >= 11 is 0. The minimum atomic E-state index is -1.09. The third kappa shape index (κ3) is 4.76. The Balaban J connectivity index is 2.90. The molecule has 0 spiro atoms. The van der Waals surface area contributed by atoms with Crippen molar-refractivity contribution in [3.63, 3.8) is 0 Å². The number of primary amides is 1. The van der Waals surface area contributed by atoms with Crippen LogP contribution in [0.5, 0.6) is 0 Å². The molecule has 1 unspecified atom stereocenters. The lowest BCUT2D eigenvalue weighted by Crippen LogP contribution is -2.45. The van der Waals surface area contributed by atoms with Gasteiger partial charge in [-0.1, -0.05) is 19.9 Å². The summed E-state index contributed by atoms with van der Waals surface area (Å²) in [6.07, 6.45) is -1.09. The molecule has 1 aromatic carbocycles. The second-order valence-corrected chi connectivity index (χ2v) is 5.37. The number of anilines is 1. The lowest BCUT2D eigenvalue weighted by Gasteiger charge is -2.20. The van der Waals surface area contributed by atoms with Gasteiger partial charge < -0.3 is 15.4 Å². The molecule has 3 amide bonds. The molecule has 0 bridgehead atoms. The second-order valence-electron chi connectivity index (χ2n) is 5.37. The van der Waals surface area contributed by atoms with Gasteiger partial charge in [0.25, 0.3) is 5.91 Å². The van der Waals surface area contributed by atoms with Crippen LogP contribution in [0, 0.1) is 5.92 Å². The van der Waals surface area contributed by atoms with Gasteiger partial charge >= 0.3 is 12.0 Å². The van der Waals surface area contributed by atoms with Gasteiger partial charge in [-0.2, -0.15) is 0 Å². The number of imide groups is 1. The molecule has 0 aliphatic heterocycles. The van der Waals surface area contributed by atoms with E-state index in [2.05, 4.69) is 0 Å². The Kier molecular flexibility index (Phi) is 5.91. The summed E-state index contributed by atoms with van der Waals surface area (Å²) in [5, 5.41) is 1.93. The van der Waals surface area contributed by atoms with E-state index in [1.807, 2.05) is 30.4 Å². The van der Waals surface area contributed by atoms with Crippen LogP contribution in [0.25, 0.3) is 0 Å². The van der Waals surface area contributed by atoms with Crippen molar-refractivity contribution in [1.29, 1.82) is 0 Å². The molecule has 120 valence electrons. The highest BCUT2D eigenvalue weighted by Gasteiger charge is 2.28. The van der Waals surface area contributed by atoms with E-state index in [0.29, 0.717) is 5.56 Å². The van der Waals surface area contributed by atoms with Gasteiger partial charge in [-0.25, -0.2) is 9.59 Å². The van der Waals surface area contributed by atoms with Crippen LogP contribution in [-0.2, 0) is 9.53 Å². The fraction of sp³-hybridized carbons (Fsp3) is 0.400. The van der Waals surface area contributed by atoms with Crippen LogP contribution in [0.1, 0.15) is 24.2 Å². The number of hydrogen-bond acceptors (Lipinski definition) is 5. The van der Waals surface area contributed by atoms with Crippen molar-refractivity contribution in [3.8, 4) is 0 Å². The lowest BCUT2D eigenvalue weighted by molar-refractivity contribution is -0.130. The maximum Gasteiger partial charge on any atom is 0.338 e. The molecule has 1 aromatic rings. The molecule has 7 nitrogen and oxygen atoms in total. The van der Waals surface area contributed by atoms with Crippen LogP contribution in [0.15, 0.2) is 24.3 Å². The Labute approximate surface area is 129 Å². The van der Waals surface area contributed by atoms with Crippen molar-refractivity contribution in [2.75, 3.05) is 19.0 Å². The average Bonchev–Trinajstić information content (AvgIpc) is 2.43. The van der Waals surface area contributed by atoms with E-state index < -0.39 is 24.0 Å². The minimum Gasteiger partial charge on any atom is -0.448 e. The van der Waals surface area contributed by atoms with Gasteiger partial charge in [0.15, 0.2) is 6.10 Å². The zero-order valence-electron chi connectivity index (χ0n) is 13.1. The van der Waals surface area contributed by atoms with Crippen LogP contribution in [0.4, 0.5) is 10.5 Å². The Morgan fingerprint density at radius 3 is 2.36 bits per heavy atom. The third-order valence-corrected chi connectivity index (χ3v) is 2.94. The van der Waals surface area contributed by atoms with Gasteiger partial charge in [-0.3, -0.25) is 10.1 Å². The Bertz CT molecular complexity index is 570. The Morgan fingerprint density at radius 2 is 1.86 bits per heavy atom. The van der Waals surface area contributed by atoms with Gasteiger partial charge in [0.05, 0.1) is 5.56 Å². The maximum absolute atomic E-state index is 12.2. The summed E-state index contributed by atoms with van der Waals surface area (Å²) in [6.45, 7) is 3.41. The monoisotopic (exact) mass is 307 g/mol. The fourth-order valence-corrected chi connectivity index (χ4v) is 1.78. The number of carbonyl (C=O) groups excluding carboxylic acids is 3. The van der Waals surface area contributed by atoms with Crippen LogP contribution < -0.4 is 16.0 Å². The highest BCUT2D eigenvalue weighted by Crippen LogP contribution is 2.16. The van der Waals surface area contributed by atoms with Crippen LogP contribution in [-0.4, -0.2) is 38.1 Å². The lowest BCUT2D eigenvalue weighted by atomic mass is 10.1. The molecule has 0 aromatic heterocycles. The summed E-state index contributed by atoms with van der Waals surface area (Å²) in [7, 11) is 3.70. The van der Waals surface area contributed by atoms with E-state index >= 15 is 0 Å². The first kappa shape index (κ1) is 17.5. The number of hydrogen-bond donors (Lipinski definition) is 2. The standard InChI is InChI=1S/C15H21N3O4/c1-9(2)12(13(19)17-15(16)21)22-14(20)10-6-5-7-11(8-10)18(3)4/h5-9,12H,1-4H3,(H3,16,17,19,21). The minimum absolute atomic E-state index is 0.305. The predicted octanol–water partition coefficient (Wildman–Crippen LogP) is 1.13. The zero-order valence-corrected chi connectivity index (χ0v) is 13.1. The Morgan fingerprint density at radius 1 is 1.23 bits per heavy atom. The summed E-state index contributed by atoms with van der Waals surface area (Å²) in [4.78, 5) is 36.6. The van der Waals surface area contributed by atoms with Gasteiger partial charge in [-0.15, -0.1) is 0 Å².